The molecule has 10 heteroatoms. The third kappa shape index (κ3) is 5.05. The van der Waals surface area contributed by atoms with Gasteiger partial charge in [-0.2, -0.15) is 4.31 Å². The second kappa shape index (κ2) is 9.51. The average Bonchev–Trinajstić information content (AvgIpc) is 3.16. The molecule has 3 aliphatic heterocycles. The molecule has 1 N–H and O–H groups in total. The molecule has 30 heavy (non-hydrogen) atoms. The molecule has 1 amide bonds. The van der Waals surface area contributed by atoms with Crippen molar-refractivity contribution in [1.29, 1.82) is 0 Å². The van der Waals surface area contributed by atoms with Gasteiger partial charge in [0.05, 0.1) is 30.8 Å². The lowest BCUT2D eigenvalue weighted by atomic mass is 10.2. The molecule has 1 aromatic rings. The summed E-state index contributed by atoms with van der Waals surface area (Å²) < 4.78 is 44.3. The van der Waals surface area contributed by atoms with Crippen LogP contribution in [0.4, 0.5) is 0 Å². The molecule has 1 aromatic carbocycles. The van der Waals surface area contributed by atoms with Crippen molar-refractivity contribution in [2.45, 2.75) is 30.3 Å². The smallest absolute Gasteiger partial charge is 0.243 e. The number of nitrogens with one attached hydrogen (secondary N) is 1. The number of rotatable bonds is 6. The van der Waals surface area contributed by atoms with Crippen molar-refractivity contribution in [3.63, 3.8) is 0 Å². The normalized spacial score (nSPS) is 23.1. The molecule has 0 spiro atoms. The van der Waals surface area contributed by atoms with Crippen LogP contribution in [0.15, 0.2) is 23.1 Å². The first-order valence-electron chi connectivity index (χ1n) is 10.5. The van der Waals surface area contributed by atoms with Crippen LogP contribution in [0.5, 0.6) is 11.5 Å². The first-order chi connectivity index (χ1) is 14.5. The molecule has 0 aliphatic carbocycles. The van der Waals surface area contributed by atoms with E-state index in [4.69, 9.17) is 14.2 Å². The molecular weight excluding hydrogens is 410 g/mol. The van der Waals surface area contributed by atoms with Crippen LogP contribution in [0.3, 0.4) is 0 Å². The Labute approximate surface area is 177 Å². The highest BCUT2D eigenvalue weighted by Gasteiger charge is 2.30. The number of nitrogens with zero attached hydrogens (tertiary/aromatic N) is 2. The summed E-state index contributed by atoms with van der Waals surface area (Å²) in [5, 5.41) is 2.91. The summed E-state index contributed by atoms with van der Waals surface area (Å²) in [4.78, 5) is 14.3. The van der Waals surface area contributed by atoms with Gasteiger partial charge in [-0.05, 0) is 25.0 Å². The number of hydrogen-bond donors (Lipinski definition) is 1. The van der Waals surface area contributed by atoms with E-state index in [2.05, 4.69) is 5.32 Å². The lowest BCUT2D eigenvalue weighted by Crippen LogP contribution is -2.51. The van der Waals surface area contributed by atoms with Gasteiger partial charge >= 0.3 is 0 Å². The van der Waals surface area contributed by atoms with Crippen LogP contribution in [-0.4, -0.2) is 88.7 Å². The van der Waals surface area contributed by atoms with Gasteiger partial charge in [0.15, 0.2) is 11.5 Å². The summed E-state index contributed by atoms with van der Waals surface area (Å²) in [6.07, 6.45) is 2.91. The highest BCUT2D eigenvalue weighted by molar-refractivity contribution is 7.89. The van der Waals surface area contributed by atoms with Gasteiger partial charge in [-0.15, -0.1) is 0 Å². The van der Waals surface area contributed by atoms with Gasteiger partial charge in [-0.1, -0.05) is 0 Å². The van der Waals surface area contributed by atoms with Crippen molar-refractivity contribution in [3.05, 3.63) is 18.2 Å². The van der Waals surface area contributed by atoms with E-state index < -0.39 is 10.0 Å². The molecule has 0 aromatic heterocycles. The standard InChI is InChI=1S/C20H29N3O6S/c24-20(21-14-16-3-1-10-27-16)15-22-6-8-23(9-7-22)30(25,26)17-4-5-18-19(13-17)29-12-2-11-28-18/h4-5,13,16H,1-3,6-12,14-15H2,(H,21,24). The minimum absolute atomic E-state index is 0.0512. The van der Waals surface area contributed by atoms with Crippen molar-refractivity contribution >= 4 is 15.9 Å². The minimum Gasteiger partial charge on any atom is -0.490 e. The predicted molar refractivity (Wildman–Crippen MR) is 109 cm³/mol. The Hall–Kier alpha value is -1.88. The van der Waals surface area contributed by atoms with Gasteiger partial charge in [0.1, 0.15) is 0 Å². The first kappa shape index (κ1) is 21.4. The van der Waals surface area contributed by atoms with Crippen molar-refractivity contribution in [1.82, 2.24) is 14.5 Å². The fraction of sp³-hybridized carbons (Fsp3) is 0.650. The van der Waals surface area contributed by atoms with Crippen LogP contribution in [0.25, 0.3) is 0 Å². The zero-order chi connectivity index (χ0) is 21.0. The molecule has 1 atom stereocenters. The fourth-order valence-corrected chi connectivity index (χ4v) is 5.31. The number of fused-ring (bicyclic) bond motifs is 1. The van der Waals surface area contributed by atoms with Crippen LogP contribution in [0, 0.1) is 0 Å². The van der Waals surface area contributed by atoms with E-state index in [1.54, 1.807) is 18.2 Å². The lowest BCUT2D eigenvalue weighted by Gasteiger charge is -2.33. The molecule has 3 heterocycles. The molecule has 1 unspecified atom stereocenters. The predicted octanol–water partition coefficient (Wildman–Crippen LogP) is 0.449. The topological polar surface area (TPSA) is 97.4 Å². The number of ether oxygens (including phenoxy) is 3. The van der Waals surface area contributed by atoms with Crippen molar-refractivity contribution in [2.75, 3.05) is 59.1 Å². The minimum atomic E-state index is -3.63. The number of carbonyl (C=O) groups excluding carboxylic acids is 1. The number of benzene rings is 1. The van der Waals surface area contributed by atoms with Crippen molar-refractivity contribution in [2.24, 2.45) is 0 Å². The third-order valence-corrected chi connectivity index (χ3v) is 7.50. The Bertz CT molecular complexity index is 848. The Balaban J connectivity index is 1.29. The monoisotopic (exact) mass is 439 g/mol. The highest BCUT2D eigenvalue weighted by Crippen LogP contribution is 2.33. The largest absolute Gasteiger partial charge is 0.490 e. The fourth-order valence-electron chi connectivity index (χ4n) is 3.87. The first-order valence-corrected chi connectivity index (χ1v) is 12.0. The van der Waals surface area contributed by atoms with Gasteiger partial charge in [0, 0.05) is 51.8 Å². The maximum atomic E-state index is 13.1. The summed E-state index contributed by atoms with van der Waals surface area (Å²) in [6, 6.07) is 4.76. The third-order valence-electron chi connectivity index (χ3n) is 5.61. The van der Waals surface area contributed by atoms with Crippen LogP contribution in [-0.2, 0) is 19.6 Å². The molecule has 4 rings (SSSR count). The molecule has 0 saturated carbocycles. The second-order valence-electron chi connectivity index (χ2n) is 7.78. The van der Waals surface area contributed by atoms with Gasteiger partial charge < -0.3 is 19.5 Å². The summed E-state index contributed by atoms with van der Waals surface area (Å²) in [6.45, 7) is 4.34. The Morgan fingerprint density at radius 1 is 1.03 bits per heavy atom. The zero-order valence-electron chi connectivity index (χ0n) is 17.0. The van der Waals surface area contributed by atoms with Crippen molar-refractivity contribution in [3.8, 4) is 11.5 Å². The Morgan fingerprint density at radius 2 is 1.80 bits per heavy atom. The van der Waals surface area contributed by atoms with E-state index >= 15 is 0 Å². The summed E-state index contributed by atoms with van der Waals surface area (Å²) in [5.41, 5.74) is 0. The van der Waals surface area contributed by atoms with Crippen LogP contribution in [0.1, 0.15) is 19.3 Å². The highest BCUT2D eigenvalue weighted by atomic mass is 32.2. The van der Waals surface area contributed by atoms with E-state index in [0.717, 1.165) is 25.9 Å². The molecular formula is C20H29N3O6S. The zero-order valence-corrected chi connectivity index (χ0v) is 17.9. The summed E-state index contributed by atoms with van der Waals surface area (Å²) in [5.74, 6) is 0.991. The lowest BCUT2D eigenvalue weighted by molar-refractivity contribution is -0.123. The van der Waals surface area contributed by atoms with E-state index in [-0.39, 0.29) is 23.5 Å². The second-order valence-corrected chi connectivity index (χ2v) is 9.72. The van der Waals surface area contributed by atoms with Gasteiger partial charge in [-0.25, -0.2) is 8.42 Å². The molecule has 3 aliphatic rings. The number of sulfonamides is 1. The molecule has 0 radical (unpaired) electrons. The van der Waals surface area contributed by atoms with Crippen LogP contribution >= 0.6 is 0 Å². The van der Waals surface area contributed by atoms with E-state index in [1.165, 1.54) is 4.31 Å². The van der Waals surface area contributed by atoms with Gasteiger partial charge in [0.25, 0.3) is 0 Å². The van der Waals surface area contributed by atoms with Gasteiger partial charge in [-0.3, -0.25) is 9.69 Å². The maximum absolute atomic E-state index is 13.1. The molecule has 166 valence electrons. The average molecular weight is 440 g/mol. The van der Waals surface area contributed by atoms with Crippen LogP contribution < -0.4 is 14.8 Å². The Kier molecular flexibility index (Phi) is 6.77. The molecule has 9 nitrogen and oxygen atoms in total. The van der Waals surface area contributed by atoms with E-state index in [1.807, 2.05) is 4.90 Å². The van der Waals surface area contributed by atoms with Gasteiger partial charge in [0.2, 0.25) is 15.9 Å². The summed E-state index contributed by atoms with van der Waals surface area (Å²) in [7, 11) is -3.63. The molecule has 2 fully saturated rings. The number of amides is 1. The SMILES string of the molecule is O=C(CN1CCN(S(=O)(=O)c2ccc3c(c2)OCCCO3)CC1)NCC1CCCO1. The molecule has 0 bridgehead atoms. The van der Waals surface area contributed by atoms with Crippen LogP contribution in [0.2, 0.25) is 0 Å². The van der Waals surface area contributed by atoms with E-state index in [0.29, 0.717) is 57.4 Å². The summed E-state index contributed by atoms with van der Waals surface area (Å²) >= 11 is 0. The number of piperazine rings is 1. The van der Waals surface area contributed by atoms with E-state index in [9.17, 15) is 13.2 Å². The molecule has 2 saturated heterocycles. The maximum Gasteiger partial charge on any atom is 0.243 e. The van der Waals surface area contributed by atoms with Crippen molar-refractivity contribution < 1.29 is 27.4 Å². The Morgan fingerprint density at radius 3 is 2.53 bits per heavy atom. The quantitative estimate of drug-likeness (QED) is 0.687. The number of hydrogen-bond acceptors (Lipinski definition) is 7. The number of carbonyl (C=O) groups is 1.